The quantitative estimate of drug-likeness (QED) is 0.874. The number of nitrogens with zero attached hydrogens (tertiary/aromatic N) is 1. The molecular weight excluding hydrogens is 300 g/mol. The first-order valence-corrected chi connectivity index (χ1v) is 7.95. The lowest BCUT2D eigenvalue weighted by atomic mass is 9.90. The fraction of sp³-hybridized carbons (Fsp3) is 0.588. The van der Waals surface area contributed by atoms with Crippen LogP contribution >= 0.6 is 12.4 Å². The van der Waals surface area contributed by atoms with Crippen LogP contribution in [-0.4, -0.2) is 41.7 Å². The Morgan fingerprint density at radius 3 is 2.68 bits per heavy atom. The van der Waals surface area contributed by atoms with Crippen LogP contribution in [0.2, 0.25) is 0 Å². The summed E-state index contributed by atoms with van der Waals surface area (Å²) in [6.45, 7) is 4.22. The van der Waals surface area contributed by atoms with Crippen LogP contribution in [0.15, 0.2) is 24.3 Å². The molecule has 2 N–H and O–H groups in total. The van der Waals surface area contributed by atoms with Crippen molar-refractivity contribution in [2.45, 2.75) is 38.3 Å². The minimum absolute atomic E-state index is 0. The Labute approximate surface area is 138 Å². The second-order valence-electron chi connectivity index (χ2n) is 6.24. The van der Waals surface area contributed by atoms with Gasteiger partial charge in [0, 0.05) is 19.6 Å². The first-order chi connectivity index (χ1) is 10.2. The van der Waals surface area contributed by atoms with E-state index in [0.29, 0.717) is 5.92 Å². The van der Waals surface area contributed by atoms with Gasteiger partial charge in [-0.3, -0.25) is 4.79 Å². The molecule has 1 aromatic carbocycles. The molecule has 1 fully saturated rings. The number of fused-ring (bicyclic) bond motifs is 1. The molecule has 0 radical (unpaired) electrons. The van der Waals surface area contributed by atoms with E-state index in [-0.39, 0.29) is 30.5 Å². The molecule has 22 heavy (non-hydrogen) atoms. The summed E-state index contributed by atoms with van der Waals surface area (Å²) >= 11 is 0. The molecule has 2 unspecified atom stereocenters. The highest BCUT2D eigenvalue weighted by atomic mass is 35.5. The van der Waals surface area contributed by atoms with Gasteiger partial charge in [0.2, 0.25) is 5.91 Å². The summed E-state index contributed by atoms with van der Waals surface area (Å²) in [5.41, 5.74) is 2.42. The molecular formula is C17H25ClN2O2. The average molecular weight is 325 g/mol. The lowest BCUT2D eigenvalue weighted by Gasteiger charge is -2.36. The third-order valence-corrected chi connectivity index (χ3v) is 4.89. The van der Waals surface area contributed by atoms with Crippen LogP contribution in [0.3, 0.4) is 0 Å². The van der Waals surface area contributed by atoms with E-state index in [1.807, 2.05) is 24.0 Å². The number of amides is 1. The standard InChI is InChI=1S/C17H24N2O2.ClH/c1-12(20)13-7-10-19(11-8-13)17(21)16-15-5-3-2-4-14(15)6-9-18-16;/h2-5,12-13,16,18,20H,6-11H2,1H3;1H. The van der Waals surface area contributed by atoms with Gasteiger partial charge >= 0.3 is 0 Å². The van der Waals surface area contributed by atoms with Crippen LogP contribution in [0, 0.1) is 5.92 Å². The highest BCUT2D eigenvalue weighted by Crippen LogP contribution is 2.27. The molecule has 1 amide bonds. The number of nitrogens with one attached hydrogen (secondary N) is 1. The number of aliphatic hydroxyl groups excluding tert-OH is 1. The Bertz CT molecular complexity index is 513. The van der Waals surface area contributed by atoms with Crippen molar-refractivity contribution >= 4 is 18.3 Å². The molecule has 0 aliphatic carbocycles. The van der Waals surface area contributed by atoms with E-state index in [0.717, 1.165) is 44.5 Å². The molecule has 0 saturated carbocycles. The second-order valence-corrected chi connectivity index (χ2v) is 6.24. The van der Waals surface area contributed by atoms with E-state index < -0.39 is 0 Å². The first kappa shape index (κ1) is 17.3. The van der Waals surface area contributed by atoms with Crippen LogP contribution in [-0.2, 0) is 11.2 Å². The Balaban J connectivity index is 0.00000176. The molecule has 0 bridgehead atoms. The van der Waals surface area contributed by atoms with Crippen molar-refractivity contribution in [3.63, 3.8) is 0 Å². The van der Waals surface area contributed by atoms with Gasteiger partial charge in [0.25, 0.3) is 0 Å². The summed E-state index contributed by atoms with van der Waals surface area (Å²) in [7, 11) is 0. The molecule has 2 atom stereocenters. The number of hydrogen-bond acceptors (Lipinski definition) is 3. The molecule has 1 saturated heterocycles. The van der Waals surface area contributed by atoms with E-state index in [9.17, 15) is 9.90 Å². The van der Waals surface area contributed by atoms with Gasteiger partial charge in [-0.1, -0.05) is 24.3 Å². The molecule has 4 nitrogen and oxygen atoms in total. The molecule has 3 rings (SSSR count). The third kappa shape index (κ3) is 3.45. The van der Waals surface area contributed by atoms with Gasteiger partial charge in [-0.2, -0.15) is 0 Å². The Morgan fingerprint density at radius 2 is 2.00 bits per heavy atom. The number of hydrogen-bond donors (Lipinski definition) is 2. The van der Waals surface area contributed by atoms with Gasteiger partial charge < -0.3 is 15.3 Å². The fourth-order valence-corrected chi connectivity index (χ4v) is 3.51. The summed E-state index contributed by atoms with van der Waals surface area (Å²) in [5, 5.41) is 13.0. The summed E-state index contributed by atoms with van der Waals surface area (Å²) < 4.78 is 0. The van der Waals surface area contributed by atoms with Gasteiger partial charge in [-0.05, 0) is 43.2 Å². The second kappa shape index (κ2) is 7.44. The van der Waals surface area contributed by atoms with E-state index in [1.165, 1.54) is 5.56 Å². The van der Waals surface area contributed by atoms with Crippen molar-refractivity contribution in [3.8, 4) is 0 Å². The van der Waals surface area contributed by atoms with E-state index in [1.54, 1.807) is 0 Å². The molecule has 122 valence electrons. The third-order valence-electron chi connectivity index (χ3n) is 4.89. The van der Waals surface area contributed by atoms with E-state index in [2.05, 4.69) is 17.4 Å². The number of piperidine rings is 1. The van der Waals surface area contributed by atoms with E-state index in [4.69, 9.17) is 0 Å². The highest BCUT2D eigenvalue weighted by Gasteiger charge is 2.32. The maximum absolute atomic E-state index is 12.8. The molecule has 2 heterocycles. The fourth-order valence-electron chi connectivity index (χ4n) is 3.51. The summed E-state index contributed by atoms with van der Waals surface area (Å²) in [4.78, 5) is 14.8. The Morgan fingerprint density at radius 1 is 1.32 bits per heavy atom. The summed E-state index contributed by atoms with van der Waals surface area (Å²) in [6, 6.07) is 8.03. The molecule has 0 spiro atoms. The van der Waals surface area contributed by atoms with Crippen LogP contribution in [0.25, 0.3) is 0 Å². The zero-order valence-corrected chi connectivity index (χ0v) is 13.8. The van der Waals surface area contributed by atoms with Crippen molar-refractivity contribution in [3.05, 3.63) is 35.4 Å². The maximum atomic E-state index is 12.8. The van der Waals surface area contributed by atoms with E-state index >= 15 is 0 Å². The monoisotopic (exact) mass is 324 g/mol. The topological polar surface area (TPSA) is 52.6 Å². The van der Waals surface area contributed by atoms with Crippen LogP contribution in [0.5, 0.6) is 0 Å². The smallest absolute Gasteiger partial charge is 0.244 e. The SMILES string of the molecule is CC(O)C1CCN(C(=O)C2NCCc3ccccc32)CC1.Cl. The largest absolute Gasteiger partial charge is 0.393 e. The van der Waals surface area contributed by atoms with Crippen molar-refractivity contribution < 1.29 is 9.90 Å². The van der Waals surface area contributed by atoms with Crippen LogP contribution in [0.1, 0.15) is 36.9 Å². The predicted octanol–water partition coefficient (Wildman–Crippen LogP) is 1.91. The minimum atomic E-state index is -0.268. The van der Waals surface area contributed by atoms with Crippen molar-refractivity contribution in [2.24, 2.45) is 5.92 Å². The number of benzene rings is 1. The number of rotatable bonds is 2. The lowest BCUT2D eigenvalue weighted by Crippen LogP contribution is -2.47. The molecule has 1 aromatic rings. The number of aliphatic hydroxyl groups is 1. The number of carbonyl (C=O) groups excluding carboxylic acids is 1. The van der Waals surface area contributed by atoms with Crippen molar-refractivity contribution in [2.75, 3.05) is 19.6 Å². The van der Waals surface area contributed by atoms with Crippen molar-refractivity contribution in [1.29, 1.82) is 0 Å². The molecule has 0 aromatic heterocycles. The highest BCUT2D eigenvalue weighted by molar-refractivity contribution is 5.85. The first-order valence-electron chi connectivity index (χ1n) is 7.95. The average Bonchev–Trinajstić information content (AvgIpc) is 2.53. The predicted molar refractivity (Wildman–Crippen MR) is 89.1 cm³/mol. The molecule has 2 aliphatic heterocycles. The minimum Gasteiger partial charge on any atom is -0.393 e. The van der Waals surface area contributed by atoms with Gasteiger partial charge in [-0.15, -0.1) is 12.4 Å². The number of halogens is 1. The normalized spacial score (nSPS) is 23.4. The van der Waals surface area contributed by atoms with Gasteiger partial charge in [-0.25, -0.2) is 0 Å². The Hall–Kier alpha value is -1.10. The van der Waals surface area contributed by atoms with Crippen LogP contribution < -0.4 is 5.32 Å². The maximum Gasteiger partial charge on any atom is 0.244 e. The van der Waals surface area contributed by atoms with Crippen molar-refractivity contribution in [1.82, 2.24) is 10.2 Å². The number of likely N-dealkylation sites (tertiary alicyclic amines) is 1. The molecule has 2 aliphatic rings. The zero-order valence-electron chi connectivity index (χ0n) is 13.0. The summed E-state index contributed by atoms with van der Waals surface area (Å²) in [6.07, 6.45) is 2.52. The number of carbonyl (C=O) groups is 1. The summed E-state index contributed by atoms with van der Waals surface area (Å²) in [5.74, 6) is 0.520. The zero-order chi connectivity index (χ0) is 14.8. The van der Waals surface area contributed by atoms with Gasteiger partial charge in [0.05, 0.1) is 6.10 Å². The lowest BCUT2D eigenvalue weighted by molar-refractivity contribution is -0.135. The molecule has 5 heteroatoms. The van der Waals surface area contributed by atoms with Gasteiger partial charge in [0.15, 0.2) is 0 Å². The van der Waals surface area contributed by atoms with Gasteiger partial charge in [0.1, 0.15) is 6.04 Å². The Kier molecular flexibility index (Phi) is 5.84. The van der Waals surface area contributed by atoms with Crippen LogP contribution in [0.4, 0.5) is 0 Å².